The number of sulfonamides is 1. The summed E-state index contributed by atoms with van der Waals surface area (Å²) in [7, 11) is -3.95. The Kier molecular flexibility index (Phi) is 6.54. The second-order valence-corrected chi connectivity index (χ2v) is 9.06. The van der Waals surface area contributed by atoms with Crippen molar-refractivity contribution in [2.45, 2.75) is 45.6 Å². The van der Waals surface area contributed by atoms with Crippen LogP contribution in [0.1, 0.15) is 42.3 Å². The van der Waals surface area contributed by atoms with Gasteiger partial charge in [-0.05, 0) is 62.1 Å². The first kappa shape index (κ1) is 21.3. The lowest BCUT2D eigenvalue weighted by molar-refractivity contribution is 0.0930. The highest BCUT2D eigenvalue weighted by atomic mass is 35.5. The van der Waals surface area contributed by atoms with Crippen LogP contribution in [0.4, 0.5) is 5.69 Å². The second kappa shape index (κ2) is 8.31. The molecule has 0 spiro atoms. The van der Waals surface area contributed by atoms with Crippen LogP contribution in [0.3, 0.4) is 0 Å². The van der Waals surface area contributed by atoms with Crippen LogP contribution in [0.15, 0.2) is 41.3 Å². The summed E-state index contributed by atoms with van der Waals surface area (Å²) in [4.78, 5) is 12.3. The van der Waals surface area contributed by atoms with E-state index in [-0.39, 0.29) is 33.3 Å². The van der Waals surface area contributed by atoms with Gasteiger partial charge in [0.2, 0.25) is 0 Å². The highest BCUT2D eigenvalue weighted by Gasteiger charge is 2.22. The number of amides is 1. The molecule has 146 valence electrons. The zero-order valence-corrected chi connectivity index (χ0v) is 17.7. The molecule has 0 radical (unpaired) electrons. The molecule has 2 aromatic carbocycles. The van der Waals surface area contributed by atoms with Crippen molar-refractivity contribution in [2.75, 3.05) is 4.72 Å². The molecule has 2 aromatic rings. The lowest BCUT2D eigenvalue weighted by atomic mass is 10.1. The minimum Gasteiger partial charge on any atom is -0.349 e. The molecular formula is C20H25ClN2O3S. The number of aryl methyl sites for hydroxylation is 1. The maximum Gasteiger partial charge on any atom is 0.263 e. The number of anilines is 1. The van der Waals surface area contributed by atoms with Crippen LogP contribution in [0.25, 0.3) is 0 Å². The molecule has 0 fully saturated rings. The van der Waals surface area contributed by atoms with Crippen molar-refractivity contribution in [3.05, 3.63) is 58.1 Å². The quantitative estimate of drug-likeness (QED) is 0.737. The fourth-order valence-corrected chi connectivity index (χ4v) is 4.02. The number of rotatable bonds is 6. The third-order valence-electron chi connectivity index (χ3n) is 4.69. The van der Waals surface area contributed by atoms with Crippen LogP contribution < -0.4 is 10.0 Å². The van der Waals surface area contributed by atoms with Gasteiger partial charge in [-0.3, -0.25) is 9.52 Å². The summed E-state index contributed by atoms with van der Waals surface area (Å²) in [6, 6.07) is 9.57. The fourth-order valence-electron chi connectivity index (χ4n) is 2.37. The molecule has 0 heterocycles. The van der Waals surface area contributed by atoms with Gasteiger partial charge in [-0.25, -0.2) is 8.42 Å². The van der Waals surface area contributed by atoms with Crippen molar-refractivity contribution in [3.8, 4) is 0 Å². The zero-order chi connectivity index (χ0) is 20.4. The predicted molar refractivity (Wildman–Crippen MR) is 110 cm³/mol. The lowest BCUT2D eigenvalue weighted by Crippen LogP contribution is -2.36. The number of hydrogen-bond donors (Lipinski definition) is 2. The number of carbonyl (C=O) groups is 1. The highest BCUT2D eigenvalue weighted by molar-refractivity contribution is 7.92. The number of hydrogen-bond acceptors (Lipinski definition) is 3. The molecule has 27 heavy (non-hydrogen) atoms. The smallest absolute Gasteiger partial charge is 0.263 e. The second-order valence-electron chi connectivity index (χ2n) is 7.00. The van der Waals surface area contributed by atoms with E-state index in [9.17, 15) is 13.2 Å². The van der Waals surface area contributed by atoms with Crippen LogP contribution in [0, 0.1) is 19.8 Å². The summed E-state index contributed by atoms with van der Waals surface area (Å²) in [5.41, 5.74) is 2.52. The van der Waals surface area contributed by atoms with Crippen molar-refractivity contribution in [2.24, 2.45) is 5.92 Å². The maximum atomic E-state index is 12.9. The SMILES string of the molecule is Cc1cccc(NS(=O)(=O)c2cc(C(=O)N[C@@H](C)C(C)C)ccc2Cl)c1C. The average molecular weight is 409 g/mol. The Morgan fingerprint density at radius 2 is 1.74 bits per heavy atom. The summed E-state index contributed by atoms with van der Waals surface area (Å²) < 4.78 is 28.3. The van der Waals surface area contributed by atoms with E-state index in [0.717, 1.165) is 11.1 Å². The van der Waals surface area contributed by atoms with E-state index >= 15 is 0 Å². The molecule has 0 saturated heterocycles. The molecule has 0 aromatic heterocycles. The third kappa shape index (κ3) is 5.02. The molecule has 0 unspecified atom stereocenters. The monoisotopic (exact) mass is 408 g/mol. The highest BCUT2D eigenvalue weighted by Crippen LogP contribution is 2.27. The van der Waals surface area contributed by atoms with E-state index in [0.29, 0.717) is 5.69 Å². The minimum absolute atomic E-state index is 0.0405. The lowest BCUT2D eigenvalue weighted by Gasteiger charge is -2.18. The van der Waals surface area contributed by atoms with E-state index < -0.39 is 10.0 Å². The number of benzene rings is 2. The zero-order valence-electron chi connectivity index (χ0n) is 16.1. The van der Waals surface area contributed by atoms with Crippen molar-refractivity contribution < 1.29 is 13.2 Å². The topological polar surface area (TPSA) is 75.3 Å². The Bertz CT molecular complexity index is 956. The van der Waals surface area contributed by atoms with Crippen LogP contribution in [-0.2, 0) is 10.0 Å². The molecule has 0 aliphatic carbocycles. The van der Waals surface area contributed by atoms with Crippen LogP contribution in [0.2, 0.25) is 5.02 Å². The van der Waals surface area contributed by atoms with Gasteiger partial charge in [0.25, 0.3) is 15.9 Å². The molecule has 1 amide bonds. The minimum atomic E-state index is -3.95. The third-order valence-corrected chi connectivity index (χ3v) is 6.54. The molecular weight excluding hydrogens is 384 g/mol. The molecule has 0 bridgehead atoms. The Balaban J connectivity index is 2.36. The van der Waals surface area contributed by atoms with Crippen molar-refractivity contribution >= 4 is 33.2 Å². The van der Waals surface area contributed by atoms with Crippen molar-refractivity contribution in [1.29, 1.82) is 0 Å². The molecule has 1 atom stereocenters. The average Bonchev–Trinajstić information content (AvgIpc) is 2.58. The number of halogens is 1. The first-order valence-electron chi connectivity index (χ1n) is 8.72. The molecule has 7 heteroatoms. The van der Waals surface area contributed by atoms with E-state index in [1.807, 2.05) is 40.7 Å². The number of carbonyl (C=O) groups excluding carboxylic acids is 1. The molecule has 2 rings (SSSR count). The van der Waals surface area contributed by atoms with Crippen LogP contribution in [-0.4, -0.2) is 20.4 Å². The molecule has 0 aliphatic rings. The van der Waals surface area contributed by atoms with Gasteiger partial charge in [-0.15, -0.1) is 0 Å². The van der Waals surface area contributed by atoms with Gasteiger partial charge in [0.1, 0.15) is 4.90 Å². The van der Waals surface area contributed by atoms with Gasteiger partial charge in [-0.2, -0.15) is 0 Å². The molecule has 0 saturated carbocycles. The summed E-state index contributed by atoms with van der Waals surface area (Å²) in [5.74, 6) is -0.0773. The largest absolute Gasteiger partial charge is 0.349 e. The Hall–Kier alpha value is -2.05. The Labute approximate surface area is 166 Å². The van der Waals surface area contributed by atoms with Crippen molar-refractivity contribution in [1.82, 2.24) is 5.32 Å². The standard InChI is InChI=1S/C20H25ClN2O3S/c1-12(2)15(5)22-20(24)16-9-10-17(21)19(11-16)27(25,26)23-18-8-6-7-13(3)14(18)4/h6-12,15,23H,1-5H3,(H,22,24)/t15-/m0/s1. The summed E-state index contributed by atoms with van der Waals surface area (Å²) in [6.45, 7) is 9.64. The van der Waals surface area contributed by atoms with Gasteiger partial charge in [0.05, 0.1) is 10.7 Å². The summed E-state index contributed by atoms with van der Waals surface area (Å²) in [5, 5.41) is 2.92. The molecule has 0 aliphatic heterocycles. The Morgan fingerprint density at radius 1 is 1.07 bits per heavy atom. The maximum absolute atomic E-state index is 12.9. The van der Waals surface area contributed by atoms with Gasteiger partial charge in [-0.1, -0.05) is 37.6 Å². The molecule has 2 N–H and O–H groups in total. The summed E-state index contributed by atoms with van der Waals surface area (Å²) >= 11 is 6.13. The van der Waals surface area contributed by atoms with E-state index in [1.165, 1.54) is 18.2 Å². The Morgan fingerprint density at radius 3 is 2.37 bits per heavy atom. The van der Waals surface area contributed by atoms with E-state index in [1.54, 1.807) is 12.1 Å². The van der Waals surface area contributed by atoms with Crippen molar-refractivity contribution in [3.63, 3.8) is 0 Å². The predicted octanol–water partition coefficient (Wildman–Crippen LogP) is 4.53. The van der Waals surface area contributed by atoms with Crippen LogP contribution >= 0.6 is 11.6 Å². The van der Waals surface area contributed by atoms with Gasteiger partial charge in [0.15, 0.2) is 0 Å². The van der Waals surface area contributed by atoms with E-state index in [4.69, 9.17) is 11.6 Å². The van der Waals surface area contributed by atoms with Gasteiger partial charge < -0.3 is 5.32 Å². The molecule has 5 nitrogen and oxygen atoms in total. The first-order chi connectivity index (χ1) is 12.5. The summed E-state index contributed by atoms with van der Waals surface area (Å²) in [6.07, 6.45) is 0. The van der Waals surface area contributed by atoms with Gasteiger partial charge >= 0.3 is 0 Å². The van der Waals surface area contributed by atoms with E-state index in [2.05, 4.69) is 10.0 Å². The van der Waals surface area contributed by atoms with Gasteiger partial charge in [0, 0.05) is 11.6 Å². The normalized spacial score (nSPS) is 12.7. The number of nitrogens with one attached hydrogen (secondary N) is 2. The first-order valence-corrected chi connectivity index (χ1v) is 10.6. The fraction of sp³-hybridized carbons (Fsp3) is 0.350. The van der Waals surface area contributed by atoms with Crippen LogP contribution in [0.5, 0.6) is 0 Å².